The van der Waals surface area contributed by atoms with Crippen LogP contribution >= 0.6 is 11.8 Å². The lowest BCUT2D eigenvalue weighted by Crippen LogP contribution is -2.36. The molecule has 0 spiro atoms. The van der Waals surface area contributed by atoms with Crippen molar-refractivity contribution in [3.05, 3.63) is 34.7 Å². The summed E-state index contributed by atoms with van der Waals surface area (Å²) in [6, 6.07) is 7.78. The Hall–Kier alpha value is -2.26. The number of amides is 1. The van der Waals surface area contributed by atoms with Gasteiger partial charge in [0.1, 0.15) is 0 Å². The number of morpholine rings is 1. The summed E-state index contributed by atoms with van der Waals surface area (Å²) in [5.74, 6) is -0.139. The maximum Gasteiger partial charge on any atom is 0.343 e. The Morgan fingerprint density at radius 1 is 1.32 bits per heavy atom. The number of benzene rings is 1. The number of hydrogen-bond donors (Lipinski definition) is 2. The van der Waals surface area contributed by atoms with Gasteiger partial charge in [-0.15, -0.1) is 5.10 Å². The van der Waals surface area contributed by atoms with E-state index in [1.165, 1.54) is 16.3 Å². The van der Waals surface area contributed by atoms with Crippen molar-refractivity contribution in [2.24, 2.45) is 7.05 Å². The molecule has 1 aliphatic heterocycles. The molecule has 1 saturated heterocycles. The van der Waals surface area contributed by atoms with Crippen LogP contribution in [0, 0.1) is 0 Å². The highest BCUT2D eigenvalue weighted by molar-refractivity contribution is 8.00. The average Bonchev–Trinajstić information content (AvgIpc) is 2.95. The highest BCUT2D eigenvalue weighted by Gasteiger charge is 2.18. The first kappa shape index (κ1) is 17.6. The Morgan fingerprint density at radius 3 is 2.60 bits per heavy atom. The molecule has 1 aliphatic rings. The number of aromatic nitrogens is 3. The number of thioether (sulfide) groups is 1. The van der Waals surface area contributed by atoms with Crippen molar-refractivity contribution in [1.29, 1.82) is 0 Å². The predicted molar refractivity (Wildman–Crippen MR) is 97.3 cm³/mol. The van der Waals surface area contributed by atoms with Crippen LogP contribution in [-0.2, 0) is 16.6 Å². The Kier molecular flexibility index (Phi) is 5.44. The van der Waals surface area contributed by atoms with Crippen LogP contribution in [0.3, 0.4) is 0 Å². The van der Waals surface area contributed by atoms with Gasteiger partial charge in [-0.1, -0.05) is 11.8 Å². The lowest BCUT2D eigenvalue weighted by molar-refractivity contribution is -0.115. The molecule has 2 N–H and O–H groups in total. The predicted octanol–water partition coefficient (Wildman–Crippen LogP) is 1.06. The second-order valence-corrected chi connectivity index (χ2v) is 7.07. The van der Waals surface area contributed by atoms with E-state index in [9.17, 15) is 9.59 Å². The number of ether oxygens (including phenoxy) is 1. The summed E-state index contributed by atoms with van der Waals surface area (Å²) < 4.78 is 6.73. The molecule has 25 heavy (non-hydrogen) atoms. The van der Waals surface area contributed by atoms with Crippen molar-refractivity contribution in [1.82, 2.24) is 14.8 Å². The summed E-state index contributed by atoms with van der Waals surface area (Å²) >= 11 is 1.23. The molecule has 1 aromatic carbocycles. The summed E-state index contributed by atoms with van der Waals surface area (Å²) in [6.07, 6.45) is 0. The second kappa shape index (κ2) is 7.75. The molecule has 1 amide bonds. The van der Waals surface area contributed by atoms with E-state index in [-0.39, 0.29) is 16.8 Å². The Bertz CT molecular complexity index is 780. The van der Waals surface area contributed by atoms with Gasteiger partial charge in [0.2, 0.25) is 5.91 Å². The van der Waals surface area contributed by atoms with Crippen LogP contribution in [-0.4, -0.2) is 52.2 Å². The lowest BCUT2D eigenvalue weighted by atomic mass is 10.2. The van der Waals surface area contributed by atoms with Crippen LogP contribution < -0.4 is 15.9 Å². The van der Waals surface area contributed by atoms with Gasteiger partial charge in [0.05, 0.1) is 18.5 Å². The molecule has 0 radical (unpaired) electrons. The number of carbonyl (C=O) groups excluding carboxylic acids is 1. The van der Waals surface area contributed by atoms with Gasteiger partial charge >= 0.3 is 5.69 Å². The maximum absolute atomic E-state index is 12.3. The number of aromatic amines is 1. The lowest BCUT2D eigenvalue weighted by Gasteiger charge is -2.28. The molecule has 0 aliphatic carbocycles. The quantitative estimate of drug-likeness (QED) is 0.772. The van der Waals surface area contributed by atoms with Gasteiger partial charge in [0.25, 0.3) is 0 Å². The number of rotatable bonds is 5. The fourth-order valence-corrected chi connectivity index (χ4v) is 3.29. The average molecular weight is 363 g/mol. The Balaban J connectivity index is 1.58. The van der Waals surface area contributed by atoms with E-state index in [0.717, 1.165) is 37.7 Å². The summed E-state index contributed by atoms with van der Waals surface area (Å²) in [6.45, 7) is 5.01. The molecule has 0 bridgehead atoms. The molecular formula is C16H21N5O3S. The molecular weight excluding hydrogens is 342 g/mol. The number of H-pyrrole nitrogens is 1. The van der Waals surface area contributed by atoms with E-state index in [4.69, 9.17) is 4.74 Å². The first-order valence-electron chi connectivity index (χ1n) is 8.06. The van der Waals surface area contributed by atoms with Gasteiger partial charge in [-0.3, -0.25) is 9.36 Å². The number of anilines is 2. The molecule has 8 nitrogen and oxygen atoms in total. The van der Waals surface area contributed by atoms with Gasteiger partial charge in [-0.05, 0) is 31.2 Å². The SMILES string of the molecule is CC(Sc1n[nH]c(=O)n1C)C(=O)Nc1ccc(N2CCOCC2)cc1. The Morgan fingerprint density at radius 2 is 2.00 bits per heavy atom. The molecule has 1 fully saturated rings. The first-order valence-corrected chi connectivity index (χ1v) is 8.94. The van der Waals surface area contributed by atoms with Gasteiger partial charge in [0.15, 0.2) is 5.16 Å². The normalized spacial score (nSPS) is 15.8. The maximum atomic E-state index is 12.3. The van der Waals surface area contributed by atoms with Crippen LogP contribution in [0.15, 0.2) is 34.2 Å². The van der Waals surface area contributed by atoms with Crippen LogP contribution in [0.25, 0.3) is 0 Å². The summed E-state index contributed by atoms with van der Waals surface area (Å²) in [5.41, 5.74) is 1.56. The molecule has 1 aromatic heterocycles. The fourth-order valence-electron chi connectivity index (χ4n) is 2.47. The highest BCUT2D eigenvalue weighted by Crippen LogP contribution is 2.22. The molecule has 9 heteroatoms. The van der Waals surface area contributed by atoms with Crippen LogP contribution in [0.2, 0.25) is 0 Å². The third-order valence-electron chi connectivity index (χ3n) is 4.00. The second-order valence-electron chi connectivity index (χ2n) is 5.77. The smallest absolute Gasteiger partial charge is 0.343 e. The third-order valence-corrected chi connectivity index (χ3v) is 5.14. The van der Waals surface area contributed by atoms with Gasteiger partial charge < -0.3 is 15.0 Å². The minimum Gasteiger partial charge on any atom is -0.378 e. The minimum atomic E-state index is -0.382. The van der Waals surface area contributed by atoms with Crippen molar-refractivity contribution in [2.45, 2.75) is 17.3 Å². The van der Waals surface area contributed by atoms with E-state index < -0.39 is 0 Å². The summed E-state index contributed by atoms with van der Waals surface area (Å²) in [5, 5.41) is 9.25. The van der Waals surface area contributed by atoms with E-state index in [1.54, 1.807) is 14.0 Å². The van der Waals surface area contributed by atoms with Gasteiger partial charge in [-0.2, -0.15) is 0 Å². The molecule has 1 atom stereocenters. The molecule has 2 aromatic rings. The van der Waals surface area contributed by atoms with Crippen LogP contribution in [0.5, 0.6) is 0 Å². The number of hydrogen-bond acceptors (Lipinski definition) is 6. The van der Waals surface area contributed by atoms with Crippen LogP contribution in [0.1, 0.15) is 6.92 Å². The van der Waals surface area contributed by atoms with Crippen molar-refractivity contribution in [3.8, 4) is 0 Å². The van der Waals surface area contributed by atoms with Gasteiger partial charge in [0, 0.05) is 31.5 Å². The first-order chi connectivity index (χ1) is 12.0. The van der Waals surface area contributed by atoms with E-state index >= 15 is 0 Å². The fraction of sp³-hybridized carbons (Fsp3) is 0.438. The minimum absolute atomic E-state index is 0.139. The number of carbonyl (C=O) groups is 1. The zero-order valence-electron chi connectivity index (χ0n) is 14.2. The topological polar surface area (TPSA) is 92.2 Å². The largest absolute Gasteiger partial charge is 0.378 e. The van der Waals surface area contributed by atoms with E-state index in [0.29, 0.717) is 5.16 Å². The van der Waals surface area contributed by atoms with Crippen molar-refractivity contribution >= 4 is 29.0 Å². The third kappa shape index (κ3) is 4.23. The monoisotopic (exact) mass is 363 g/mol. The van der Waals surface area contributed by atoms with E-state index in [1.807, 2.05) is 24.3 Å². The molecule has 134 valence electrons. The molecule has 2 heterocycles. The molecule has 1 unspecified atom stereocenters. The standard InChI is InChI=1S/C16H21N5O3S/c1-11(25-16-19-18-15(23)20(16)2)14(22)17-12-3-5-13(6-4-12)21-7-9-24-10-8-21/h3-6,11H,7-10H2,1-2H3,(H,17,22)(H,18,23). The highest BCUT2D eigenvalue weighted by atomic mass is 32.2. The van der Waals surface area contributed by atoms with Gasteiger partial charge in [-0.25, -0.2) is 9.89 Å². The van der Waals surface area contributed by atoms with Crippen molar-refractivity contribution in [3.63, 3.8) is 0 Å². The molecule has 3 rings (SSSR count). The van der Waals surface area contributed by atoms with Crippen molar-refractivity contribution in [2.75, 3.05) is 36.5 Å². The summed E-state index contributed by atoms with van der Waals surface area (Å²) in [4.78, 5) is 26.0. The molecule has 0 saturated carbocycles. The Labute approximate surface area is 149 Å². The van der Waals surface area contributed by atoms with Crippen LogP contribution in [0.4, 0.5) is 11.4 Å². The number of nitrogens with one attached hydrogen (secondary N) is 2. The summed E-state index contributed by atoms with van der Waals surface area (Å²) in [7, 11) is 1.61. The zero-order valence-corrected chi connectivity index (χ0v) is 15.0. The van der Waals surface area contributed by atoms with E-state index in [2.05, 4.69) is 20.4 Å². The van der Waals surface area contributed by atoms with Crippen molar-refractivity contribution < 1.29 is 9.53 Å². The zero-order chi connectivity index (χ0) is 17.8. The number of nitrogens with zero attached hydrogens (tertiary/aromatic N) is 3.